The van der Waals surface area contributed by atoms with Gasteiger partial charge in [0.05, 0.1) is 21.3 Å². The highest BCUT2D eigenvalue weighted by molar-refractivity contribution is 9.10. The molecule has 1 heterocycles. The van der Waals surface area contributed by atoms with Crippen LogP contribution in [0.2, 0.25) is 0 Å². The number of benzene rings is 2. The topological polar surface area (TPSA) is 73.9 Å². The lowest BCUT2D eigenvalue weighted by Crippen LogP contribution is -2.14. The summed E-state index contributed by atoms with van der Waals surface area (Å²) in [7, 11) is 4.34. The molecule has 3 aromatic rings. The molecule has 156 valence electrons. The number of thiophene rings is 1. The Morgan fingerprint density at radius 3 is 2.10 bits per heavy atom. The maximum Gasteiger partial charge on any atom is 0.341 e. The average molecular weight is 490 g/mol. The number of amides is 1. The second-order valence-corrected chi connectivity index (χ2v) is 8.43. The van der Waals surface area contributed by atoms with Crippen LogP contribution in [0.5, 0.6) is 11.5 Å². The minimum atomic E-state index is -0.518. The van der Waals surface area contributed by atoms with Crippen molar-refractivity contribution in [2.24, 2.45) is 0 Å². The normalized spacial score (nSPS) is 10.4. The maximum absolute atomic E-state index is 12.9. The van der Waals surface area contributed by atoms with Gasteiger partial charge in [-0.3, -0.25) is 4.79 Å². The van der Waals surface area contributed by atoms with Crippen LogP contribution in [0.4, 0.5) is 5.00 Å². The van der Waals surface area contributed by atoms with E-state index in [0.717, 1.165) is 20.5 Å². The summed E-state index contributed by atoms with van der Waals surface area (Å²) >= 11 is 4.74. The molecule has 1 N–H and O–H groups in total. The van der Waals surface area contributed by atoms with Gasteiger partial charge in [0.15, 0.2) is 0 Å². The SMILES string of the molecule is COC(=O)c1c(NC(=O)c2cc(OC)cc(OC)c2)sc(C)c1-c1ccc(Br)cc1. The molecule has 1 aromatic heterocycles. The first-order valence-electron chi connectivity index (χ1n) is 8.90. The van der Waals surface area contributed by atoms with E-state index in [1.54, 1.807) is 18.2 Å². The van der Waals surface area contributed by atoms with E-state index in [1.807, 2.05) is 31.2 Å². The van der Waals surface area contributed by atoms with E-state index in [1.165, 1.54) is 32.7 Å². The molecule has 0 radical (unpaired) electrons. The second-order valence-electron chi connectivity index (χ2n) is 6.29. The Labute approximate surface area is 186 Å². The summed E-state index contributed by atoms with van der Waals surface area (Å²) in [4.78, 5) is 26.4. The van der Waals surface area contributed by atoms with Gasteiger partial charge >= 0.3 is 5.97 Å². The van der Waals surface area contributed by atoms with Gasteiger partial charge in [-0.05, 0) is 36.8 Å². The van der Waals surface area contributed by atoms with Crippen molar-refractivity contribution >= 4 is 44.1 Å². The van der Waals surface area contributed by atoms with Crippen LogP contribution in [0.25, 0.3) is 11.1 Å². The molecule has 0 atom stereocenters. The Hall–Kier alpha value is -2.84. The Kier molecular flexibility index (Phi) is 6.79. The summed E-state index contributed by atoms with van der Waals surface area (Å²) in [5, 5.41) is 3.27. The molecule has 0 spiro atoms. The highest BCUT2D eigenvalue weighted by atomic mass is 79.9. The predicted octanol–water partition coefficient (Wildman–Crippen LogP) is 5.54. The molecule has 0 unspecified atom stereocenters. The lowest BCUT2D eigenvalue weighted by molar-refractivity contribution is 0.0603. The number of aryl methyl sites for hydroxylation is 1. The highest BCUT2D eigenvalue weighted by Gasteiger charge is 2.25. The zero-order valence-corrected chi connectivity index (χ0v) is 19.3. The number of hydrogen-bond acceptors (Lipinski definition) is 6. The summed E-state index contributed by atoms with van der Waals surface area (Å²) in [6.45, 7) is 1.90. The molecule has 8 heteroatoms. The van der Waals surface area contributed by atoms with Gasteiger partial charge in [-0.15, -0.1) is 11.3 Å². The molecular weight excluding hydrogens is 470 g/mol. The van der Waals surface area contributed by atoms with Crippen LogP contribution in [0.3, 0.4) is 0 Å². The molecule has 1 amide bonds. The Morgan fingerprint density at radius 1 is 0.967 bits per heavy atom. The number of methoxy groups -OCH3 is 3. The quantitative estimate of drug-likeness (QED) is 0.460. The fraction of sp³-hybridized carbons (Fsp3) is 0.182. The van der Waals surface area contributed by atoms with Crippen LogP contribution in [0, 0.1) is 6.92 Å². The zero-order chi connectivity index (χ0) is 21.8. The first kappa shape index (κ1) is 21.9. The third-order valence-corrected chi connectivity index (χ3v) is 6.00. The maximum atomic E-state index is 12.9. The standard InChI is InChI=1S/C22H20BrNO5S/c1-12-18(13-5-7-15(23)8-6-13)19(22(26)29-4)21(30-12)24-20(25)14-9-16(27-2)11-17(10-14)28-3/h5-11H,1-4H3,(H,24,25). The van der Waals surface area contributed by atoms with E-state index >= 15 is 0 Å². The number of esters is 1. The van der Waals surface area contributed by atoms with Crippen LogP contribution in [0.1, 0.15) is 25.6 Å². The number of hydrogen-bond donors (Lipinski definition) is 1. The summed E-state index contributed by atoms with van der Waals surface area (Å²) < 4.78 is 16.4. The number of carbonyl (C=O) groups excluding carboxylic acids is 2. The van der Waals surface area contributed by atoms with Crippen LogP contribution in [-0.2, 0) is 4.74 Å². The Bertz CT molecular complexity index is 1070. The minimum absolute atomic E-state index is 0.325. The summed E-state index contributed by atoms with van der Waals surface area (Å²) in [5.41, 5.74) is 2.26. The van der Waals surface area contributed by atoms with Crippen LogP contribution in [-0.4, -0.2) is 33.2 Å². The second kappa shape index (κ2) is 9.32. The van der Waals surface area contributed by atoms with Gasteiger partial charge in [-0.2, -0.15) is 0 Å². The minimum Gasteiger partial charge on any atom is -0.497 e. The summed E-state index contributed by atoms with van der Waals surface area (Å²) in [5.74, 6) is 0.0768. The largest absolute Gasteiger partial charge is 0.497 e. The van der Waals surface area contributed by atoms with Crippen molar-refractivity contribution in [1.82, 2.24) is 0 Å². The van der Waals surface area contributed by atoms with E-state index in [-0.39, 0.29) is 5.91 Å². The van der Waals surface area contributed by atoms with E-state index in [4.69, 9.17) is 14.2 Å². The molecule has 30 heavy (non-hydrogen) atoms. The monoisotopic (exact) mass is 489 g/mol. The van der Waals surface area contributed by atoms with E-state index in [2.05, 4.69) is 21.2 Å². The van der Waals surface area contributed by atoms with Crippen LogP contribution in [0.15, 0.2) is 46.9 Å². The van der Waals surface area contributed by atoms with Crippen molar-refractivity contribution in [1.29, 1.82) is 0 Å². The number of carbonyl (C=O) groups is 2. The molecule has 0 aliphatic carbocycles. The third-order valence-electron chi connectivity index (χ3n) is 4.45. The van der Waals surface area contributed by atoms with Crippen molar-refractivity contribution < 1.29 is 23.8 Å². The molecule has 2 aromatic carbocycles. The van der Waals surface area contributed by atoms with E-state index in [0.29, 0.717) is 27.6 Å². The number of ether oxygens (including phenoxy) is 3. The van der Waals surface area contributed by atoms with E-state index in [9.17, 15) is 9.59 Å². The molecule has 6 nitrogen and oxygen atoms in total. The van der Waals surface area contributed by atoms with Crippen LogP contribution < -0.4 is 14.8 Å². The van der Waals surface area contributed by atoms with Gasteiger partial charge in [-0.1, -0.05) is 28.1 Å². The molecule has 0 aliphatic rings. The number of anilines is 1. The number of nitrogens with one attached hydrogen (secondary N) is 1. The molecular formula is C22H20BrNO5S. The first-order chi connectivity index (χ1) is 14.4. The first-order valence-corrected chi connectivity index (χ1v) is 10.5. The van der Waals surface area contributed by atoms with Gasteiger partial charge in [0, 0.05) is 26.5 Å². The fourth-order valence-corrected chi connectivity index (χ4v) is 4.33. The van der Waals surface area contributed by atoms with Gasteiger partial charge in [0.2, 0.25) is 0 Å². The van der Waals surface area contributed by atoms with Gasteiger partial charge in [0.1, 0.15) is 22.1 Å². The van der Waals surface area contributed by atoms with Crippen molar-refractivity contribution in [3.8, 4) is 22.6 Å². The predicted molar refractivity (Wildman–Crippen MR) is 121 cm³/mol. The Morgan fingerprint density at radius 2 is 1.57 bits per heavy atom. The van der Waals surface area contributed by atoms with Crippen molar-refractivity contribution in [3.63, 3.8) is 0 Å². The van der Waals surface area contributed by atoms with Gasteiger partial charge in [0.25, 0.3) is 5.91 Å². The van der Waals surface area contributed by atoms with Gasteiger partial charge in [-0.25, -0.2) is 4.79 Å². The van der Waals surface area contributed by atoms with E-state index < -0.39 is 5.97 Å². The lowest BCUT2D eigenvalue weighted by Gasteiger charge is -2.10. The summed E-state index contributed by atoms with van der Waals surface area (Å²) in [6, 6.07) is 12.5. The zero-order valence-electron chi connectivity index (χ0n) is 16.9. The highest BCUT2D eigenvalue weighted by Crippen LogP contribution is 2.41. The van der Waals surface area contributed by atoms with Crippen molar-refractivity contribution in [2.45, 2.75) is 6.92 Å². The smallest absolute Gasteiger partial charge is 0.341 e. The molecule has 0 saturated carbocycles. The molecule has 3 rings (SSSR count). The Balaban J connectivity index is 2.04. The van der Waals surface area contributed by atoms with Gasteiger partial charge < -0.3 is 19.5 Å². The molecule has 0 bridgehead atoms. The third kappa shape index (κ3) is 4.49. The molecule has 0 aliphatic heterocycles. The van der Waals surface area contributed by atoms with Crippen molar-refractivity contribution in [3.05, 3.63) is 62.9 Å². The molecule has 0 saturated heterocycles. The number of rotatable bonds is 6. The van der Waals surface area contributed by atoms with Crippen molar-refractivity contribution in [2.75, 3.05) is 26.6 Å². The van der Waals surface area contributed by atoms with Crippen LogP contribution >= 0.6 is 27.3 Å². The fourth-order valence-electron chi connectivity index (χ4n) is 3.01. The summed E-state index contributed by atoms with van der Waals surface area (Å²) in [6.07, 6.45) is 0. The number of halogens is 1. The lowest BCUT2D eigenvalue weighted by atomic mass is 10.0. The molecule has 0 fully saturated rings. The average Bonchev–Trinajstić information content (AvgIpc) is 3.08.